The molecule has 0 atom stereocenters. The lowest BCUT2D eigenvalue weighted by atomic mass is 10.2. The largest absolute Gasteiger partial charge is 0.504 e. The molecular weight excluding hydrogens is 228 g/mol. The number of rotatable bonds is 3. The zero-order valence-electron chi connectivity index (χ0n) is 9.21. The highest BCUT2D eigenvalue weighted by Gasteiger charge is 2.12. The summed E-state index contributed by atoms with van der Waals surface area (Å²) in [6.07, 6.45) is 0. The molecule has 0 aromatic heterocycles. The van der Waals surface area contributed by atoms with Gasteiger partial charge in [0.2, 0.25) is 0 Å². The molecule has 7 nitrogen and oxygen atoms in total. The molecule has 1 rings (SSSR count). The summed E-state index contributed by atoms with van der Waals surface area (Å²) in [5.74, 6) is -1.72. The number of nitrogens with zero attached hydrogens (tertiary/aromatic N) is 1. The van der Waals surface area contributed by atoms with Gasteiger partial charge in [-0.15, -0.1) is 0 Å². The number of hydrogen-bond acceptors (Lipinski definition) is 5. The monoisotopic (exact) mass is 242 g/mol. The lowest BCUT2D eigenvalue weighted by Crippen LogP contribution is -2.33. The highest BCUT2D eigenvalue weighted by molar-refractivity contribution is 5.90. The molecule has 0 spiro atoms. The van der Waals surface area contributed by atoms with Crippen LogP contribution >= 0.6 is 0 Å². The second-order valence-corrected chi connectivity index (χ2v) is 3.44. The minimum atomic E-state index is -0.647. The fourth-order valence-corrected chi connectivity index (χ4v) is 1.15. The lowest BCUT2D eigenvalue weighted by Gasteiger charge is -2.16. The number of benzene rings is 1. The van der Waals surface area contributed by atoms with Gasteiger partial charge in [-0.2, -0.15) is 0 Å². The maximum Gasteiger partial charge on any atom is 0.321 e. The number of carbonyl (C=O) groups excluding carboxylic acids is 1. The van der Waals surface area contributed by atoms with Gasteiger partial charge in [0, 0.05) is 25.7 Å². The van der Waals surface area contributed by atoms with Crippen LogP contribution in [0.25, 0.3) is 0 Å². The predicted molar refractivity (Wildman–Crippen MR) is 60.2 cm³/mol. The van der Waals surface area contributed by atoms with Gasteiger partial charge in [0.1, 0.15) is 0 Å². The van der Waals surface area contributed by atoms with Crippen LogP contribution in [0.4, 0.5) is 10.5 Å². The fourth-order valence-electron chi connectivity index (χ4n) is 1.15. The number of amides is 2. The van der Waals surface area contributed by atoms with Crippen molar-refractivity contribution >= 4 is 11.7 Å². The molecule has 0 aliphatic heterocycles. The molecule has 0 saturated heterocycles. The summed E-state index contributed by atoms with van der Waals surface area (Å²) in [4.78, 5) is 12.7. The average molecular weight is 242 g/mol. The molecule has 0 saturated carbocycles. The molecule has 2 amide bonds. The SMILES string of the molecule is CN(CCO)C(=O)Nc1cc(O)c(O)c(O)c1. The maximum atomic E-state index is 11.5. The first-order chi connectivity index (χ1) is 7.95. The summed E-state index contributed by atoms with van der Waals surface area (Å²) in [7, 11) is 1.48. The maximum absolute atomic E-state index is 11.5. The van der Waals surface area contributed by atoms with Crippen LogP contribution in [-0.2, 0) is 0 Å². The van der Waals surface area contributed by atoms with Crippen LogP contribution in [-0.4, -0.2) is 51.6 Å². The smallest absolute Gasteiger partial charge is 0.321 e. The van der Waals surface area contributed by atoms with Crippen molar-refractivity contribution in [2.75, 3.05) is 25.5 Å². The number of aliphatic hydroxyl groups excluding tert-OH is 1. The Bertz CT molecular complexity index is 398. The molecule has 0 bridgehead atoms. The van der Waals surface area contributed by atoms with Gasteiger partial charge >= 0.3 is 6.03 Å². The van der Waals surface area contributed by atoms with E-state index in [1.165, 1.54) is 11.9 Å². The Balaban J connectivity index is 2.79. The first-order valence-electron chi connectivity index (χ1n) is 4.83. The zero-order chi connectivity index (χ0) is 13.0. The summed E-state index contributed by atoms with van der Waals surface area (Å²) in [5.41, 5.74) is 0.132. The predicted octanol–water partition coefficient (Wildman–Crippen LogP) is 0.259. The van der Waals surface area contributed by atoms with E-state index in [9.17, 15) is 15.0 Å². The van der Waals surface area contributed by atoms with E-state index in [0.29, 0.717) is 0 Å². The number of phenols is 3. The van der Waals surface area contributed by atoms with E-state index in [-0.39, 0.29) is 18.8 Å². The molecule has 94 valence electrons. The van der Waals surface area contributed by atoms with Gasteiger partial charge in [0.15, 0.2) is 17.2 Å². The van der Waals surface area contributed by atoms with Crippen LogP contribution in [0.2, 0.25) is 0 Å². The van der Waals surface area contributed by atoms with Crippen LogP contribution in [0.1, 0.15) is 0 Å². The summed E-state index contributed by atoms with van der Waals surface area (Å²) in [6.45, 7) is -0.0160. The first kappa shape index (κ1) is 12.9. The highest BCUT2D eigenvalue weighted by Crippen LogP contribution is 2.37. The van der Waals surface area contributed by atoms with Gasteiger partial charge in [0.05, 0.1) is 12.3 Å². The summed E-state index contributed by atoms with van der Waals surface area (Å²) in [6, 6.07) is 1.68. The number of aromatic hydroxyl groups is 3. The Kier molecular flexibility index (Phi) is 4.00. The molecule has 0 aliphatic rings. The number of hydrogen-bond donors (Lipinski definition) is 5. The molecule has 17 heavy (non-hydrogen) atoms. The number of phenolic OH excluding ortho intramolecular Hbond substituents is 3. The zero-order valence-corrected chi connectivity index (χ0v) is 9.21. The van der Waals surface area contributed by atoms with Crippen LogP contribution in [0, 0.1) is 0 Å². The fraction of sp³-hybridized carbons (Fsp3) is 0.300. The topological polar surface area (TPSA) is 113 Å². The molecule has 0 aliphatic carbocycles. The molecule has 0 heterocycles. The average Bonchev–Trinajstić information content (AvgIpc) is 2.26. The van der Waals surface area contributed by atoms with Crippen molar-refractivity contribution in [3.8, 4) is 17.2 Å². The van der Waals surface area contributed by atoms with E-state index < -0.39 is 23.3 Å². The second-order valence-electron chi connectivity index (χ2n) is 3.44. The number of carbonyl (C=O) groups is 1. The summed E-state index contributed by atoms with van der Waals surface area (Å²) < 4.78 is 0. The molecule has 1 aromatic rings. The Morgan fingerprint density at radius 2 is 1.82 bits per heavy atom. The van der Waals surface area contributed by atoms with Gasteiger partial charge in [-0.05, 0) is 0 Å². The number of urea groups is 1. The second kappa shape index (κ2) is 5.26. The van der Waals surface area contributed by atoms with Crippen LogP contribution in [0.15, 0.2) is 12.1 Å². The van der Waals surface area contributed by atoms with E-state index >= 15 is 0 Å². The van der Waals surface area contributed by atoms with E-state index in [2.05, 4.69) is 5.32 Å². The Hall–Kier alpha value is -2.15. The molecule has 0 radical (unpaired) electrons. The quantitative estimate of drug-likeness (QED) is 0.385. The molecule has 0 unspecified atom stereocenters. The van der Waals surface area contributed by atoms with Crippen molar-refractivity contribution in [2.24, 2.45) is 0 Å². The molecule has 7 heteroatoms. The third-order valence-electron chi connectivity index (χ3n) is 2.10. The van der Waals surface area contributed by atoms with Gasteiger partial charge < -0.3 is 30.6 Å². The molecule has 5 N–H and O–H groups in total. The van der Waals surface area contributed by atoms with Crippen molar-refractivity contribution in [3.05, 3.63) is 12.1 Å². The Labute approximate surface area is 97.5 Å². The Morgan fingerprint density at radius 1 is 1.29 bits per heavy atom. The van der Waals surface area contributed by atoms with E-state index in [1.54, 1.807) is 0 Å². The van der Waals surface area contributed by atoms with Crippen molar-refractivity contribution in [2.45, 2.75) is 0 Å². The molecule has 0 fully saturated rings. The third kappa shape index (κ3) is 3.15. The summed E-state index contributed by atoms with van der Waals surface area (Å²) >= 11 is 0. The van der Waals surface area contributed by atoms with Gasteiger partial charge in [-0.1, -0.05) is 0 Å². The van der Waals surface area contributed by atoms with Crippen LogP contribution in [0.5, 0.6) is 17.2 Å². The van der Waals surface area contributed by atoms with Crippen LogP contribution < -0.4 is 5.32 Å². The normalized spacial score (nSPS) is 10.0. The van der Waals surface area contributed by atoms with Gasteiger partial charge in [-0.3, -0.25) is 0 Å². The van der Waals surface area contributed by atoms with E-state index in [0.717, 1.165) is 12.1 Å². The minimum absolute atomic E-state index is 0.132. The Morgan fingerprint density at radius 3 is 2.29 bits per heavy atom. The van der Waals surface area contributed by atoms with E-state index in [4.69, 9.17) is 10.2 Å². The van der Waals surface area contributed by atoms with Crippen molar-refractivity contribution in [1.82, 2.24) is 4.90 Å². The van der Waals surface area contributed by atoms with Gasteiger partial charge in [-0.25, -0.2) is 4.79 Å². The van der Waals surface area contributed by atoms with E-state index in [1.807, 2.05) is 0 Å². The number of anilines is 1. The highest BCUT2D eigenvalue weighted by atomic mass is 16.3. The standard InChI is InChI=1S/C10H14N2O5/c1-12(2-3-13)10(17)11-6-4-7(14)9(16)8(15)5-6/h4-5,13-16H,2-3H2,1H3,(H,11,17). The minimum Gasteiger partial charge on any atom is -0.504 e. The summed E-state index contributed by atoms with van der Waals surface area (Å²) in [5, 5.41) is 38.6. The first-order valence-corrected chi connectivity index (χ1v) is 4.83. The van der Waals surface area contributed by atoms with Crippen molar-refractivity contribution < 1.29 is 25.2 Å². The van der Waals surface area contributed by atoms with Crippen molar-refractivity contribution in [1.29, 1.82) is 0 Å². The molecule has 1 aromatic carbocycles. The van der Waals surface area contributed by atoms with Gasteiger partial charge in [0.25, 0.3) is 0 Å². The van der Waals surface area contributed by atoms with Crippen molar-refractivity contribution in [3.63, 3.8) is 0 Å². The van der Waals surface area contributed by atoms with Crippen LogP contribution in [0.3, 0.4) is 0 Å². The number of likely N-dealkylation sites (N-methyl/N-ethyl adjacent to an activating group) is 1. The lowest BCUT2D eigenvalue weighted by molar-refractivity contribution is 0.202. The molecular formula is C10H14N2O5. The number of nitrogens with one attached hydrogen (secondary N) is 1. The number of aliphatic hydroxyl groups is 1. The third-order valence-corrected chi connectivity index (χ3v) is 2.10.